The number of rotatable bonds is 6. The first-order valence-electron chi connectivity index (χ1n) is 10.4. The summed E-state index contributed by atoms with van der Waals surface area (Å²) >= 11 is 0. The van der Waals surface area contributed by atoms with Gasteiger partial charge in [-0.15, -0.1) is 0 Å². The van der Waals surface area contributed by atoms with Gasteiger partial charge in [-0.25, -0.2) is 16.7 Å². The number of hydrazine groups is 2. The molecule has 0 aliphatic carbocycles. The van der Waals surface area contributed by atoms with Gasteiger partial charge in [-0.1, -0.05) is 29.8 Å². The van der Waals surface area contributed by atoms with E-state index in [2.05, 4.69) is 24.9 Å². The minimum Gasteiger partial charge on any atom is -0.489 e. The summed E-state index contributed by atoms with van der Waals surface area (Å²) in [4.78, 5) is 13.9. The first-order chi connectivity index (χ1) is 15.8. The Hall–Kier alpha value is -3.88. The van der Waals surface area contributed by atoms with Gasteiger partial charge in [-0.05, 0) is 49.7 Å². The van der Waals surface area contributed by atoms with Gasteiger partial charge in [0.15, 0.2) is 5.58 Å². The van der Waals surface area contributed by atoms with E-state index in [0.717, 1.165) is 38.7 Å². The molecular formula is C25H29N5O3. The maximum absolute atomic E-state index is 9.31. The molecule has 0 bridgehead atoms. The number of nitrogens with zero attached hydrogens (tertiary/aromatic N) is 3. The third kappa shape index (κ3) is 6.09. The number of anilines is 1. The van der Waals surface area contributed by atoms with Gasteiger partial charge in [0, 0.05) is 31.3 Å². The monoisotopic (exact) mass is 447 g/mol. The molecule has 0 aliphatic rings. The van der Waals surface area contributed by atoms with Crippen molar-refractivity contribution in [2.75, 3.05) is 19.1 Å². The van der Waals surface area contributed by atoms with Crippen LogP contribution in [-0.2, 0) is 11.4 Å². The lowest BCUT2D eigenvalue weighted by atomic mass is 10.1. The smallest absolute Gasteiger partial charge is 0.227 e. The zero-order chi connectivity index (χ0) is 24.0. The Kier molecular flexibility index (Phi) is 7.66. The molecule has 3 aromatic carbocycles. The van der Waals surface area contributed by atoms with Crippen molar-refractivity contribution in [3.63, 3.8) is 0 Å². The van der Waals surface area contributed by atoms with Crippen molar-refractivity contribution in [1.82, 2.24) is 9.99 Å². The molecule has 0 radical (unpaired) electrons. The Morgan fingerprint density at radius 2 is 1.73 bits per heavy atom. The lowest BCUT2D eigenvalue weighted by molar-refractivity contribution is -0.117. The number of ether oxygens (including phenoxy) is 1. The van der Waals surface area contributed by atoms with E-state index >= 15 is 0 Å². The van der Waals surface area contributed by atoms with E-state index in [-0.39, 0.29) is 0 Å². The Bertz CT molecular complexity index is 1220. The van der Waals surface area contributed by atoms with E-state index in [1.54, 1.807) is 5.01 Å². The summed E-state index contributed by atoms with van der Waals surface area (Å²) in [5.41, 5.74) is 6.81. The average Bonchev–Trinajstić information content (AvgIpc) is 3.22. The Morgan fingerprint density at radius 1 is 1.03 bits per heavy atom. The molecule has 8 nitrogen and oxygen atoms in total. The van der Waals surface area contributed by atoms with Crippen molar-refractivity contribution in [2.24, 2.45) is 11.7 Å². The predicted octanol–water partition coefficient (Wildman–Crippen LogP) is 3.95. The number of hydrogen-bond acceptors (Lipinski definition) is 7. The molecular weight excluding hydrogens is 418 g/mol. The molecule has 4 rings (SSSR count). The third-order valence-electron chi connectivity index (χ3n) is 4.97. The van der Waals surface area contributed by atoms with Crippen LogP contribution < -0.4 is 21.4 Å². The van der Waals surface area contributed by atoms with Gasteiger partial charge in [0.1, 0.15) is 17.9 Å². The molecule has 0 unspecified atom stereocenters. The van der Waals surface area contributed by atoms with Crippen LogP contribution in [0.15, 0.2) is 65.1 Å². The molecule has 0 aliphatic heterocycles. The number of fused-ring (bicyclic) bond motifs is 1. The second kappa shape index (κ2) is 10.6. The van der Waals surface area contributed by atoms with Crippen LogP contribution in [-0.4, -0.2) is 30.5 Å². The molecule has 1 amide bonds. The first kappa shape index (κ1) is 23.8. The van der Waals surface area contributed by atoms with Gasteiger partial charge in [-0.2, -0.15) is 0 Å². The van der Waals surface area contributed by atoms with Gasteiger partial charge >= 0.3 is 0 Å². The standard InChI is InChI=1S/C23H23N3O2.C2H6N2O/c1-15-7-9-17(10-8-15)23-25-20-12-11-18(13-22(20)28-23)27-14-19-16(2)5-4-6-21(19)26(3)24;1-4(3)2-5/h4-13H,14,24H2,1-3H3;2H,3H2,1H3. The van der Waals surface area contributed by atoms with Crippen molar-refractivity contribution < 1.29 is 13.9 Å². The minimum atomic E-state index is 0.425. The number of hydrogen-bond donors (Lipinski definition) is 2. The van der Waals surface area contributed by atoms with Crippen LogP contribution in [0.3, 0.4) is 0 Å². The van der Waals surface area contributed by atoms with Crippen molar-refractivity contribution >= 4 is 23.2 Å². The van der Waals surface area contributed by atoms with E-state index in [4.69, 9.17) is 20.8 Å². The maximum atomic E-state index is 9.31. The number of aryl methyl sites for hydroxylation is 2. The predicted molar refractivity (Wildman–Crippen MR) is 130 cm³/mol. The zero-order valence-corrected chi connectivity index (χ0v) is 19.3. The molecule has 4 aromatic rings. The second-order valence-corrected chi connectivity index (χ2v) is 7.76. The first-order valence-corrected chi connectivity index (χ1v) is 10.4. The number of aromatic nitrogens is 1. The van der Waals surface area contributed by atoms with Gasteiger partial charge in [0.05, 0.1) is 5.69 Å². The Morgan fingerprint density at radius 3 is 2.36 bits per heavy atom. The van der Waals surface area contributed by atoms with Crippen LogP contribution in [0, 0.1) is 13.8 Å². The van der Waals surface area contributed by atoms with Crippen LogP contribution in [0.4, 0.5) is 5.69 Å². The van der Waals surface area contributed by atoms with Gasteiger partial charge in [0.25, 0.3) is 0 Å². The zero-order valence-electron chi connectivity index (χ0n) is 19.3. The molecule has 0 spiro atoms. The molecule has 8 heteroatoms. The second-order valence-electron chi connectivity index (χ2n) is 7.76. The van der Waals surface area contributed by atoms with Gasteiger partial charge in [-0.3, -0.25) is 9.80 Å². The van der Waals surface area contributed by atoms with Crippen LogP contribution in [0.1, 0.15) is 16.7 Å². The van der Waals surface area contributed by atoms with E-state index in [1.807, 2.05) is 61.6 Å². The fourth-order valence-corrected chi connectivity index (χ4v) is 3.17. The molecule has 172 valence electrons. The van der Waals surface area contributed by atoms with Crippen LogP contribution >= 0.6 is 0 Å². The number of benzene rings is 3. The summed E-state index contributed by atoms with van der Waals surface area (Å²) < 4.78 is 12.0. The minimum absolute atomic E-state index is 0.425. The molecule has 0 saturated heterocycles. The Labute approximate surface area is 193 Å². The number of amides is 1. The molecule has 0 fully saturated rings. The van der Waals surface area contributed by atoms with E-state index in [9.17, 15) is 4.79 Å². The molecule has 1 heterocycles. The van der Waals surface area contributed by atoms with Crippen molar-refractivity contribution in [2.45, 2.75) is 20.5 Å². The fraction of sp³-hybridized carbons (Fsp3) is 0.200. The summed E-state index contributed by atoms with van der Waals surface area (Å²) in [6.45, 7) is 4.54. The summed E-state index contributed by atoms with van der Waals surface area (Å²) in [6, 6.07) is 19.9. The number of carbonyl (C=O) groups is 1. The van der Waals surface area contributed by atoms with Crippen molar-refractivity contribution in [1.29, 1.82) is 0 Å². The highest BCUT2D eigenvalue weighted by molar-refractivity contribution is 5.77. The van der Waals surface area contributed by atoms with Crippen LogP contribution in [0.25, 0.3) is 22.6 Å². The van der Waals surface area contributed by atoms with Crippen LogP contribution in [0.2, 0.25) is 0 Å². The van der Waals surface area contributed by atoms with Crippen LogP contribution in [0.5, 0.6) is 5.75 Å². The molecule has 33 heavy (non-hydrogen) atoms. The highest BCUT2D eigenvalue weighted by Gasteiger charge is 2.11. The maximum Gasteiger partial charge on any atom is 0.227 e. The largest absolute Gasteiger partial charge is 0.489 e. The lowest BCUT2D eigenvalue weighted by Crippen LogP contribution is -2.26. The highest BCUT2D eigenvalue weighted by atomic mass is 16.5. The molecule has 4 N–H and O–H groups in total. The van der Waals surface area contributed by atoms with E-state index in [1.165, 1.54) is 12.6 Å². The number of carbonyl (C=O) groups excluding carboxylic acids is 1. The van der Waals surface area contributed by atoms with E-state index in [0.29, 0.717) is 24.5 Å². The van der Waals surface area contributed by atoms with Gasteiger partial charge in [0.2, 0.25) is 12.3 Å². The SMILES string of the molecule is CN(N)C=O.Cc1ccc(-c2nc3ccc(OCc4c(C)cccc4N(C)N)cc3o2)cc1. The molecule has 0 saturated carbocycles. The van der Waals surface area contributed by atoms with Crippen molar-refractivity contribution in [3.8, 4) is 17.2 Å². The quantitative estimate of drug-likeness (QED) is 0.199. The highest BCUT2D eigenvalue weighted by Crippen LogP contribution is 2.29. The average molecular weight is 448 g/mol. The summed E-state index contributed by atoms with van der Waals surface area (Å²) in [5.74, 6) is 12.0. The van der Waals surface area contributed by atoms with Crippen molar-refractivity contribution in [3.05, 3.63) is 77.4 Å². The topological polar surface area (TPSA) is 111 Å². The fourth-order valence-electron chi connectivity index (χ4n) is 3.17. The summed E-state index contributed by atoms with van der Waals surface area (Å²) in [5, 5.41) is 2.55. The third-order valence-corrected chi connectivity index (χ3v) is 4.97. The Balaban J connectivity index is 0.000000555. The summed E-state index contributed by atoms with van der Waals surface area (Å²) in [6.07, 6.45) is 0.528. The van der Waals surface area contributed by atoms with Gasteiger partial charge < -0.3 is 14.2 Å². The summed E-state index contributed by atoms with van der Waals surface area (Å²) in [7, 11) is 3.29. The van der Waals surface area contributed by atoms with E-state index < -0.39 is 0 Å². The number of nitrogens with two attached hydrogens (primary N) is 2. The molecule has 0 atom stereocenters. The number of oxazole rings is 1. The normalized spacial score (nSPS) is 10.4. The lowest BCUT2D eigenvalue weighted by Gasteiger charge is -2.19. The molecule has 1 aromatic heterocycles.